The predicted molar refractivity (Wildman–Crippen MR) is 50.7 cm³/mol. The highest BCUT2D eigenvalue weighted by atomic mass is 16.4. The van der Waals surface area contributed by atoms with Crippen molar-refractivity contribution in [1.29, 1.82) is 0 Å². The summed E-state index contributed by atoms with van der Waals surface area (Å²) in [4.78, 5) is 10.4. The molecule has 5 nitrogen and oxygen atoms in total. The quantitative estimate of drug-likeness (QED) is 0.635. The Morgan fingerprint density at radius 1 is 1.79 bits per heavy atom. The molecule has 2 unspecified atom stereocenters. The van der Waals surface area contributed by atoms with Gasteiger partial charge in [0.05, 0.1) is 12.3 Å². The molecule has 0 aliphatic carbocycles. The van der Waals surface area contributed by atoms with Gasteiger partial charge >= 0.3 is 5.97 Å². The second-order valence-corrected chi connectivity index (χ2v) is 3.09. The van der Waals surface area contributed by atoms with Gasteiger partial charge in [-0.2, -0.15) is 0 Å². The van der Waals surface area contributed by atoms with E-state index in [0.717, 1.165) is 5.76 Å². The van der Waals surface area contributed by atoms with Crippen LogP contribution in [-0.4, -0.2) is 23.7 Å². The van der Waals surface area contributed by atoms with Crippen LogP contribution >= 0.6 is 0 Å². The van der Waals surface area contributed by atoms with Crippen LogP contribution in [0.25, 0.3) is 0 Å². The van der Waals surface area contributed by atoms with E-state index in [1.54, 1.807) is 12.3 Å². The number of carboxylic acids is 1. The summed E-state index contributed by atoms with van der Waals surface area (Å²) >= 11 is 0. The largest absolute Gasteiger partial charge is 0.480 e. The topological polar surface area (TPSA) is 88.5 Å². The van der Waals surface area contributed by atoms with Gasteiger partial charge in [-0.05, 0) is 19.1 Å². The fraction of sp³-hybridized carbons (Fsp3) is 0.444. The minimum absolute atomic E-state index is 0.0320. The minimum Gasteiger partial charge on any atom is -0.480 e. The maximum absolute atomic E-state index is 10.4. The Morgan fingerprint density at radius 3 is 3.00 bits per heavy atom. The van der Waals surface area contributed by atoms with Crippen LogP contribution in [0.15, 0.2) is 22.8 Å². The highest BCUT2D eigenvalue weighted by molar-refractivity contribution is 5.73. The molecular weight excluding hydrogens is 184 g/mol. The number of hydrogen-bond donors (Lipinski definition) is 3. The summed E-state index contributed by atoms with van der Waals surface area (Å²) < 4.78 is 5.14. The van der Waals surface area contributed by atoms with E-state index in [1.165, 1.54) is 0 Å². The van der Waals surface area contributed by atoms with Crippen LogP contribution in [0.4, 0.5) is 0 Å². The third-order valence-electron chi connectivity index (χ3n) is 1.93. The third-order valence-corrected chi connectivity index (χ3v) is 1.93. The van der Waals surface area contributed by atoms with Gasteiger partial charge in [0.1, 0.15) is 11.8 Å². The molecule has 0 amide bonds. The first-order valence-corrected chi connectivity index (χ1v) is 4.36. The summed E-state index contributed by atoms with van der Waals surface area (Å²) in [5.41, 5.74) is 5.33. The molecule has 0 saturated carbocycles. The molecule has 0 aliphatic rings. The minimum atomic E-state index is -1.01. The van der Waals surface area contributed by atoms with E-state index in [0.29, 0.717) is 0 Å². The second-order valence-electron chi connectivity index (χ2n) is 3.09. The predicted octanol–water partition coefficient (Wildman–Crippen LogP) is 0.342. The van der Waals surface area contributed by atoms with E-state index in [4.69, 9.17) is 15.3 Å². The van der Waals surface area contributed by atoms with Crippen molar-refractivity contribution in [2.24, 2.45) is 5.73 Å². The van der Waals surface area contributed by atoms with Crippen molar-refractivity contribution in [2.45, 2.75) is 19.0 Å². The normalized spacial score (nSPS) is 15.0. The van der Waals surface area contributed by atoms with Gasteiger partial charge in [0.2, 0.25) is 0 Å². The number of hydrogen-bond acceptors (Lipinski definition) is 4. The molecule has 0 radical (unpaired) electrons. The molecule has 5 heteroatoms. The van der Waals surface area contributed by atoms with Crippen LogP contribution in [-0.2, 0) is 4.79 Å². The van der Waals surface area contributed by atoms with Crippen molar-refractivity contribution in [3.05, 3.63) is 24.2 Å². The zero-order valence-corrected chi connectivity index (χ0v) is 7.93. The lowest BCUT2D eigenvalue weighted by Gasteiger charge is -2.13. The SMILES string of the molecule is CC(NCC(N)C(=O)O)c1ccco1. The number of furan rings is 1. The molecular formula is C9H14N2O3. The average molecular weight is 198 g/mol. The van der Waals surface area contributed by atoms with Gasteiger partial charge in [0, 0.05) is 6.54 Å². The van der Waals surface area contributed by atoms with Crippen molar-refractivity contribution in [1.82, 2.24) is 5.32 Å². The van der Waals surface area contributed by atoms with Crippen LogP contribution in [0, 0.1) is 0 Å². The molecule has 2 atom stereocenters. The lowest BCUT2D eigenvalue weighted by atomic mass is 10.2. The van der Waals surface area contributed by atoms with Crippen LogP contribution in [0.1, 0.15) is 18.7 Å². The first kappa shape index (κ1) is 10.7. The summed E-state index contributed by atoms with van der Waals surface area (Å²) in [7, 11) is 0. The third kappa shape index (κ3) is 2.86. The van der Waals surface area contributed by atoms with Crippen molar-refractivity contribution < 1.29 is 14.3 Å². The highest BCUT2D eigenvalue weighted by Gasteiger charge is 2.14. The Balaban J connectivity index is 2.35. The van der Waals surface area contributed by atoms with Gasteiger partial charge in [-0.15, -0.1) is 0 Å². The standard InChI is InChI=1S/C9H14N2O3/c1-6(8-3-2-4-14-8)11-5-7(10)9(12)13/h2-4,6-7,11H,5,10H2,1H3,(H,12,13). The number of rotatable bonds is 5. The fourth-order valence-electron chi connectivity index (χ4n) is 1.03. The molecule has 0 aromatic carbocycles. The molecule has 0 spiro atoms. The number of carboxylic acid groups (broad SMARTS) is 1. The monoisotopic (exact) mass is 198 g/mol. The fourth-order valence-corrected chi connectivity index (χ4v) is 1.03. The molecule has 0 saturated heterocycles. The smallest absolute Gasteiger partial charge is 0.321 e. The van der Waals surface area contributed by atoms with Gasteiger partial charge in [-0.25, -0.2) is 0 Å². The molecule has 0 aliphatic heterocycles. The first-order chi connectivity index (χ1) is 6.61. The molecule has 0 fully saturated rings. The molecule has 0 bridgehead atoms. The number of nitrogens with two attached hydrogens (primary N) is 1. The van der Waals surface area contributed by atoms with Crippen molar-refractivity contribution in [2.75, 3.05) is 6.54 Å². The van der Waals surface area contributed by atoms with E-state index < -0.39 is 12.0 Å². The van der Waals surface area contributed by atoms with Gasteiger partial charge in [-0.3, -0.25) is 4.79 Å². The lowest BCUT2D eigenvalue weighted by Crippen LogP contribution is -2.40. The van der Waals surface area contributed by atoms with Gasteiger partial charge in [-0.1, -0.05) is 0 Å². The van der Waals surface area contributed by atoms with Crippen molar-refractivity contribution >= 4 is 5.97 Å². The number of aliphatic carboxylic acids is 1. The summed E-state index contributed by atoms with van der Waals surface area (Å²) in [6, 6.07) is 2.69. The molecule has 1 rings (SSSR count). The Labute approximate surface area is 81.9 Å². The van der Waals surface area contributed by atoms with Crippen molar-refractivity contribution in [3.63, 3.8) is 0 Å². The maximum Gasteiger partial charge on any atom is 0.321 e. The van der Waals surface area contributed by atoms with E-state index in [2.05, 4.69) is 5.32 Å². The Hall–Kier alpha value is -1.33. The summed E-state index contributed by atoms with van der Waals surface area (Å²) in [6.45, 7) is 2.10. The number of nitrogens with one attached hydrogen (secondary N) is 1. The van der Waals surface area contributed by atoms with E-state index in [9.17, 15) is 4.79 Å². The maximum atomic E-state index is 10.4. The van der Waals surface area contributed by atoms with Crippen LogP contribution < -0.4 is 11.1 Å². The van der Waals surface area contributed by atoms with Crippen LogP contribution in [0.5, 0.6) is 0 Å². The lowest BCUT2D eigenvalue weighted by molar-refractivity contribution is -0.138. The molecule has 78 valence electrons. The van der Waals surface area contributed by atoms with E-state index in [1.807, 2.05) is 13.0 Å². The summed E-state index contributed by atoms with van der Waals surface area (Å²) in [5, 5.41) is 11.5. The Morgan fingerprint density at radius 2 is 2.50 bits per heavy atom. The molecule has 1 heterocycles. The average Bonchev–Trinajstić information content (AvgIpc) is 2.66. The Bertz CT molecular complexity index is 284. The highest BCUT2D eigenvalue weighted by Crippen LogP contribution is 2.11. The first-order valence-electron chi connectivity index (χ1n) is 4.36. The number of carbonyl (C=O) groups is 1. The van der Waals surface area contributed by atoms with Gasteiger partial charge in [0.25, 0.3) is 0 Å². The Kier molecular flexibility index (Phi) is 3.67. The zero-order valence-electron chi connectivity index (χ0n) is 7.93. The summed E-state index contributed by atoms with van der Waals surface area (Å²) in [6.07, 6.45) is 1.57. The van der Waals surface area contributed by atoms with Gasteiger partial charge in [0.15, 0.2) is 0 Å². The van der Waals surface area contributed by atoms with E-state index >= 15 is 0 Å². The van der Waals surface area contributed by atoms with E-state index in [-0.39, 0.29) is 12.6 Å². The molecule has 1 aromatic rings. The molecule has 4 N–H and O–H groups in total. The molecule has 1 aromatic heterocycles. The van der Waals surface area contributed by atoms with Crippen LogP contribution in [0.3, 0.4) is 0 Å². The summed E-state index contributed by atoms with van der Waals surface area (Å²) in [5.74, 6) is -0.244. The molecule has 14 heavy (non-hydrogen) atoms. The van der Waals surface area contributed by atoms with Gasteiger partial charge < -0.3 is 20.6 Å². The van der Waals surface area contributed by atoms with Crippen molar-refractivity contribution in [3.8, 4) is 0 Å². The van der Waals surface area contributed by atoms with Crippen LogP contribution in [0.2, 0.25) is 0 Å². The zero-order chi connectivity index (χ0) is 10.6. The second kappa shape index (κ2) is 4.78.